The minimum Gasteiger partial charge on any atom is -0.395 e. The Hall–Kier alpha value is 0.140. The van der Waals surface area contributed by atoms with Gasteiger partial charge in [-0.15, -0.1) is 0 Å². The Bertz CT molecular complexity index is 341. The van der Waals surface area contributed by atoms with Gasteiger partial charge in [-0.3, -0.25) is 18.9 Å². The van der Waals surface area contributed by atoms with Crippen LogP contribution in [0.3, 0.4) is 0 Å². The molecule has 0 unspecified atom stereocenters. The molecular formula is C9H24N2O8P2. The van der Waals surface area contributed by atoms with Crippen molar-refractivity contribution in [3.05, 3.63) is 0 Å². The summed E-state index contributed by atoms with van der Waals surface area (Å²) in [5.74, 6) is 0. The molecule has 0 saturated carbocycles. The molecule has 0 aromatic carbocycles. The van der Waals surface area contributed by atoms with Crippen molar-refractivity contribution in [3.8, 4) is 0 Å². The SMILES string of the molecule is O=P(O)(O)CN(CCCN(CCO)CCO)CP(=O)(O)O. The highest BCUT2D eigenvalue weighted by Gasteiger charge is 2.25. The Labute approximate surface area is 123 Å². The summed E-state index contributed by atoms with van der Waals surface area (Å²) in [6.07, 6.45) is -1.06. The van der Waals surface area contributed by atoms with E-state index in [1.165, 1.54) is 0 Å². The van der Waals surface area contributed by atoms with Gasteiger partial charge >= 0.3 is 15.2 Å². The Morgan fingerprint density at radius 1 is 0.667 bits per heavy atom. The van der Waals surface area contributed by atoms with Gasteiger partial charge in [-0.05, 0) is 13.0 Å². The minimum absolute atomic E-state index is 0.0869. The molecule has 0 radical (unpaired) electrons. The predicted octanol–water partition coefficient (Wildman–Crippen LogP) is -1.76. The van der Waals surface area contributed by atoms with Gasteiger partial charge in [-0.25, -0.2) is 0 Å². The molecule has 0 aliphatic rings. The molecule has 0 bridgehead atoms. The smallest absolute Gasteiger partial charge is 0.339 e. The van der Waals surface area contributed by atoms with Crippen molar-refractivity contribution in [1.29, 1.82) is 0 Å². The fourth-order valence-corrected chi connectivity index (χ4v) is 3.53. The maximum absolute atomic E-state index is 11.0. The molecule has 0 spiro atoms. The summed E-state index contributed by atoms with van der Waals surface area (Å²) in [7, 11) is -8.82. The molecule has 6 N–H and O–H groups in total. The van der Waals surface area contributed by atoms with E-state index in [0.717, 1.165) is 4.90 Å². The molecule has 0 amide bonds. The Balaban J connectivity index is 4.39. The van der Waals surface area contributed by atoms with E-state index in [4.69, 9.17) is 29.8 Å². The van der Waals surface area contributed by atoms with E-state index < -0.39 is 27.8 Å². The second-order valence-electron chi connectivity index (χ2n) is 4.65. The lowest BCUT2D eigenvalue weighted by molar-refractivity contribution is 0.155. The largest absolute Gasteiger partial charge is 0.395 e. The van der Waals surface area contributed by atoms with Crippen molar-refractivity contribution < 1.29 is 38.9 Å². The van der Waals surface area contributed by atoms with E-state index in [0.29, 0.717) is 26.1 Å². The summed E-state index contributed by atoms with van der Waals surface area (Å²) >= 11 is 0. The number of hydrogen-bond acceptors (Lipinski definition) is 6. The fraction of sp³-hybridized carbons (Fsp3) is 1.00. The molecule has 0 saturated heterocycles. The minimum atomic E-state index is -4.41. The van der Waals surface area contributed by atoms with E-state index in [9.17, 15) is 9.13 Å². The maximum Gasteiger partial charge on any atom is 0.339 e. The summed E-state index contributed by atoms with van der Waals surface area (Å²) in [4.78, 5) is 38.4. The maximum atomic E-state index is 11.0. The number of nitrogens with zero attached hydrogens (tertiary/aromatic N) is 2. The van der Waals surface area contributed by atoms with Crippen LogP contribution in [0.1, 0.15) is 6.42 Å². The predicted molar refractivity (Wildman–Crippen MR) is 75.8 cm³/mol. The Morgan fingerprint density at radius 3 is 1.38 bits per heavy atom. The van der Waals surface area contributed by atoms with Crippen molar-refractivity contribution in [2.24, 2.45) is 0 Å². The van der Waals surface area contributed by atoms with Crippen LogP contribution in [0.25, 0.3) is 0 Å². The first-order valence-electron chi connectivity index (χ1n) is 6.33. The average molecular weight is 350 g/mol. The molecule has 0 fully saturated rings. The zero-order chi connectivity index (χ0) is 16.5. The van der Waals surface area contributed by atoms with E-state index in [2.05, 4.69) is 0 Å². The lowest BCUT2D eigenvalue weighted by Gasteiger charge is -2.25. The van der Waals surface area contributed by atoms with Crippen molar-refractivity contribution >= 4 is 15.2 Å². The summed E-state index contributed by atoms with van der Waals surface area (Å²) in [6.45, 7) is 1.03. The van der Waals surface area contributed by atoms with Crippen LogP contribution in [0.5, 0.6) is 0 Å². The quantitative estimate of drug-likeness (QED) is 0.222. The lowest BCUT2D eigenvalue weighted by Crippen LogP contribution is -2.34. The second kappa shape index (κ2) is 10.0. The lowest BCUT2D eigenvalue weighted by atomic mass is 10.3. The van der Waals surface area contributed by atoms with Gasteiger partial charge in [0, 0.05) is 19.6 Å². The molecule has 128 valence electrons. The summed E-state index contributed by atoms with van der Waals surface area (Å²) in [5, 5.41) is 17.7. The zero-order valence-corrected chi connectivity index (χ0v) is 13.4. The number of hydrogen-bond donors (Lipinski definition) is 6. The third-order valence-corrected chi connectivity index (χ3v) is 4.09. The van der Waals surface area contributed by atoms with Crippen LogP contribution in [0.4, 0.5) is 0 Å². The van der Waals surface area contributed by atoms with Gasteiger partial charge in [0.25, 0.3) is 0 Å². The molecule has 0 atom stereocenters. The number of aliphatic hydroxyl groups excluding tert-OH is 2. The van der Waals surface area contributed by atoms with Gasteiger partial charge in [-0.2, -0.15) is 0 Å². The number of rotatable bonds is 12. The molecule has 0 heterocycles. The van der Waals surface area contributed by atoms with Crippen LogP contribution >= 0.6 is 15.2 Å². The van der Waals surface area contributed by atoms with Crippen molar-refractivity contribution in [2.45, 2.75) is 6.42 Å². The monoisotopic (exact) mass is 350 g/mol. The standard InChI is InChI=1S/C9H24N2O8P2/c12-6-4-10(5-7-13)2-1-3-11(8-20(14,15)16)9-21(17,18)19/h12-13H,1-9H2,(H2,14,15,16)(H2,17,18,19). The van der Waals surface area contributed by atoms with E-state index >= 15 is 0 Å². The van der Waals surface area contributed by atoms with Crippen molar-refractivity contribution in [2.75, 3.05) is 52.0 Å². The first kappa shape index (κ1) is 21.1. The van der Waals surface area contributed by atoms with Gasteiger partial charge in [0.2, 0.25) is 0 Å². The topological polar surface area (TPSA) is 162 Å². The molecule has 0 aromatic heterocycles. The van der Waals surface area contributed by atoms with Crippen LogP contribution in [0.15, 0.2) is 0 Å². The molecule has 0 aliphatic heterocycles. The molecule has 0 aliphatic carbocycles. The average Bonchev–Trinajstić information content (AvgIpc) is 2.24. The summed E-state index contributed by atoms with van der Waals surface area (Å²) < 4.78 is 21.9. The summed E-state index contributed by atoms with van der Waals surface area (Å²) in [6, 6.07) is 0. The molecular weight excluding hydrogens is 326 g/mol. The van der Waals surface area contributed by atoms with Crippen LogP contribution in [0.2, 0.25) is 0 Å². The van der Waals surface area contributed by atoms with Crippen LogP contribution in [-0.2, 0) is 9.13 Å². The van der Waals surface area contributed by atoms with Gasteiger partial charge < -0.3 is 29.8 Å². The highest BCUT2D eigenvalue weighted by atomic mass is 31.2. The molecule has 21 heavy (non-hydrogen) atoms. The molecule has 0 rings (SSSR count). The Kier molecular flexibility index (Phi) is 10.1. The van der Waals surface area contributed by atoms with E-state index in [1.807, 2.05) is 0 Å². The number of aliphatic hydroxyl groups is 2. The molecule has 0 aromatic rings. The van der Waals surface area contributed by atoms with Gasteiger partial charge in [0.1, 0.15) is 12.6 Å². The summed E-state index contributed by atoms with van der Waals surface area (Å²) in [5.41, 5.74) is 0. The highest BCUT2D eigenvalue weighted by molar-refractivity contribution is 7.52. The van der Waals surface area contributed by atoms with Gasteiger partial charge in [-0.1, -0.05) is 0 Å². The third kappa shape index (κ3) is 13.5. The van der Waals surface area contributed by atoms with E-state index in [1.54, 1.807) is 4.90 Å². The van der Waals surface area contributed by atoms with Crippen LogP contribution < -0.4 is 0 Å². The Morgan fingerprint density at radius 2 is 1.05 bits per heavy atom. The third-order valence-electron chi connectivity index (χ3n) is 2.55. The first-order chi connectivity index (χ1) is 9.57. The van der Waals surface area contributed by atoms with E-state index in [-0.39, 0.29) is 19.8 Å². The second-order valence-corrected chi connectivity index (χ2v) is 7.87. The van der Waals surface area contributed by atoms with Crippen LogP contribution in [0, 0.1) is 0 Å². The normalized spacial score (nSPS) is 13.3. The fourth-order valence-electron chi connectivity index (χ4n) is 1.84. The van der Waals surface area contributed by atoms with Crippen molar-refractivity contribution in [1.82, 2.24) is 9.80 Å². The van der Waals surface area contributed by atoms with Crippen LogP contribution in [-0.4, -0.2) is 91.6 Å². The van der Waals surface area contributed by atoms with Gasteiger partial charge in [0.15, 0.2) is 0 Å². The first-order valence-corrected chi connectivity index (χ1v) is 9.92. The molecule has 10 nitrogen and oxygen atoms in total. The van der Waals surface area contributed by atoms with Gasteiger partial charge in [0.05, 0.1) is 13.2 Å². The highest BCUT2D eigenvalue weighted by Crippen LogP contribution is 2.40. The van der Waals surface area contributed by atoms with Crippen molar-refractivity contribution in [3.63, 3.8) is 0 Å². The molecule has 12 heteroatoms. The zero-order valence-electron chi connectivity index (χ0n) is 11.7.